The van der Waals surface area contributed by atoms with E-state index < -0.39 is 0 Å². The zero-order valence-electron chi connectivity index (χ0n) is 15.8. The third-order valence-electron chi connectivity index (χ3n) is 4.00. The second kappa shape index (κ2) is 7.59. The summed E-state index contributed by atoms with van der Waals surface area (Å²) in [6.07, 6.45) is 3.42. The lowest BCUT2D eigenvalue weighted by molar-refractivity contribution is 0.335. The van der Waals surface area contributed by atoms with Crippen molar-refractivity contribution in [3.8, 4) is 11.4 Å². The van der Waals surface area contributed by atoms with E-state index in [9.17, 15) is 0 Å². The number of nitrogens with zero attached hydrogens (tertiary/aromatic N) is 5. The molecule has 1 N–H and O–H groups in total. The van der Waals surface area contributed by atoms with Crippen LogP contribution in [0.5, 0.6) is 0 Å². The van der Waals surface area contributed by atoms with E-state index in [0.717, 1.165) is 22.9 Å². The van der Waals surface area contributed by atoms with Crippen LogP contribution in [0.25, 0.3) is 11.4 Å². The van der Waals surface area contributed by atoms with Crippen molar-refractivity contribution in [1.82, 2.24) is 25.1 Å². The molecule has 0 saturated heterocycles. The van der Waals surface area contributed by atoms with Crippen LogP contribution in [-0.2, 0) is 0 Å². The van der Waals surface area contributed by atoms with Crippen LogP contribution in [0.3, 0.4) is 0 Å². The molecule has 0 bridgehead atoms. The van der Waals surface area contributed by atoms with Gasteiger partial charge in [-0.15, -0.1) is 0 Å². The third kappa shape index (κ3) is 4.04. The van der Waals surface area contributed by atoms with E-state index in [1.165, 1.54) is 0 Å². The highest BCUT2D eigenvalue weighted by Crippen LogP contribution is 2.27. The zero-order chi connectivity index (χ0) is 18.7. The molecule has 1 unspecified atom stereocenters. The van der Waals surface area contributed by atoms with Crippen LogP contribution in [0, 0.1) is 12.8 Å². The SMILES string of the molecule is Cc1cc(NC(c2nc(-c3ccncc3)no2)C(C)C)nc(C(C)C)n1. The first-order chi connectivity index (χ1) is 12.4. The molecule has 3 rings (SSSR count). The van der Waals surface area contributed by atoms with Crippen molar-refractivity contribution in [1.29, 1.82) is 0 Å². The van der Waals surface area contributed by atoms with E-state index in [0.29, 0.717) is 11.7 Å². The van der Waals surface area contributed by atoms with Crippen molar-refractivity contribution in [2.45, 2.75) is 46.6 Å². The molecule has 0 aliphatic carbocycles. The molecule has 3 heterocycles. The predicted molar refractivity (Wildman–Crippen MR) is 99.6 cm³/mol. The largest absolute Gasteiger partial charge is 0.358 e. The first-order valence-corrected chi connectivity index (χ1v) is 8.80. The summed E-state index contributed by atoms with van der Waals surface area (Å²) in [5.41, 5.74) is 1.80. The van der Waals surface area contributed by atoms with Crippen molar-refractivity contribution in [2.75, 3.05) is 5.32 Å². The van der Waals surface area contributed by atoms with Crippen LogP contribution in [0.15, 0.2) is 35.1 Å². The molecule has 0 saturated carbocycles. The standard InChI is InChI=1S/C19H24N6O/c1-11(2)16(22-15-10-13(5)21-17(23-15)12(3)4)19-24-18(25-26-19)14-6-8-20-9-7-14/h6-12,16H,1-5H3,(H,21,22,23). The fraction of sp³-hybridized carbons (Fsp3) is 0.421. The summed E-state index contributed by atoms with van der Waals surface area (Å²) >= 11 is 0. The highest BCUT2D eigenvalue weighted by atomic mass is 16.5. The number of nitrogens with one attached hydrogen (secondary N) is 1. The molecule has 0 fully saturated rings. The number of aromatic nitrogens is 5. The Balaban J connectivity index is 1.88. The van der Waals surface area contributed by atoms with E-state index in [4.69, 9.17) is 4.52 Å². The molecule has 1 atom stereocenters. The van der Waals surface area contributed by atoms with Crippen molar-refractivity contribution < 1.29 is 4.52 Å². The molecule has 0 aliphatic heterocycles. The first-order valence-electron chi connectivity index (χ1n) is 8.80. The van der Waals surface area contributed by atoms with Gasteiger partial charge in [0.25, 0.3) is 0 Å². The molecule has 0 aliphatic rings. The van der Waals surface area contributed by atoms with E-state index in [1.54, 1.807) is 12.4 Å². The zero-order valence-corrected chi connectivity index (χ0v) is 15.8. The first kappa shape index (κ1) is 18.0. The van der Waals surface area contributed by atoms with Crippen molar-refractivity contribution in [2.24, 2.45) is 5.92 Å². The summed E-state index contributed by atoms with van der Waals surface area (Å²) in [5, 5.41) is 7.54. The van der Waals surface area contributed by atoms with E-state index in [-0.39, 0.29) is 17.9 Å². The van der Waals surface area contributed by atoms with Crippen LogP contribution in [0.1, 0.15) is 57.1 Å². The second-order valence-electron chi connectivity index (χ2n) is 6.97. The Morgan fingerprint density at radius 1 is 1.00 bits per heavy atom. The van der Waals surface area contributed by atoms with E-state index in [2.05, 4.69) is 58.1 Å². The van der Waals surface area contributed by atoms with Gasteiger partial charge in [-0.3, -0.25) is 4.98 Å². The van der Waals surface area contributed by atoms with Gasteiger partial charge in [0, 0.05) is 35.6 Å². The molecule has 0 aromatic carbocycles. The van der Waals surface area contributed by atoms with Crippen LogP contribution in [-0.4, -0.2) is 25.1 Å². The van der Waals surface area contributed by atoms with Gasteiger partial charge in [0.05, 0.1) is 0 Å². The Labute approximate surface area is 153 Å². The van der Waals surface area contributed by atoms with Crippen LogP contribution >= 0.6 is 0 Å². The number of pyridine rings is 1. The molecule has 7 heteroatoms. The molecule has 3 aromatic heterocycles. The van der Waals surface area contributed by atoms with Gasteiger partial charge in [0.1, 0.15) is 17.7 Å². The Hall–Kier alpha value is -2.83. The van der Waals surface area contributed by atoms with Gasteiger partial charge < -0.3 is 9.84 Å². The average molecular weight is 352 g/mol. The molecule has 0 spiro atoms. The summed E-state index contributed by atoms with van der Waals surface area (Å²) in [5.74, 6) is 3.17. The minimum atomic E-state index is -0.146. The fourth-order valence-corrected chi connectivity index (χ4v) is 2.58. The summed E-state index contributed by atoms with van der Waals surface area (Å²) in [6, 6.07) is 5.50. The van der Waals surface area contributed by atoms with Crippen molar-refractivity contribution in [3.05, 3.63) is 48.0 Å². The highest BCUT2D eigenvalue weighted by molar-refractivity contribution is 5.52. The molecule has 0 amide bonds. The lowest BCUT2D eigenvalue weighted by Gasteiger charge is -2.20. The predicted octanol–water partition coefficient (Wildman–Crippen LogP) is 4.16. The van der Waals surface area contributed by atoms with Crippen LogP contribution in [0.2, 0.25) is 0 Å². The Kier molecular flexibility index (Phi) is 5.25. The smallest absolute Gasteiger partial charge is 0.249 e. The van der Waals surface area contributed by atoms with Crippen molar-refractivity contribution in [3.63, 3.8) is 0 Å². The summed E-state index contributed by atoms with van der Waals surface area (Å²) in [6.45, 7) is 10.3. The minimum absolute atomic E-state index is 0.146. The monoisotopic (exact) mass is 352 g/mol. The van der Waals surface area contributed by atoms with Gasteiger partial charge in [-0.05, 0) is 25.0 Å². The lowest BCUT2D eigenvalue weighted by Crippen LogP contribution is -2.19. The molecule has 136 valence electrons. The number of hydrogen-bond donors (Lipinski definition) is 1. The fourth-order valence-electron chi connectivity index (χ4n) is 2.58. The van der Waals surface area contributed by atoms with Gasteiger partial charge in [0.2, 0.25) is 11.7 Å². The van der Waals surface area contributed by atoms with Crippen LogP contribution in [0.4, 0.5) is 5.82 Å². The molecule has 7 nitrogen and oxygen atoms in total. The topological polar surface area (TPSA) is 89.6 Å². The van der Waals surface area contributed by atoms with Crippen molar-refractivity contribution >= 4 is 5.82 Å². The van der Waals surface area contributed by atoms with Gasteiger partial charge in [-0.1, -0.05) is 32.9 Å². The molecular formula is C19H24N6O. The molecule has 0 radical (unpaired) electrons. The van der Waals surface area contributed by atoms with E-state index >= 15 is 0 Å². The number of aryl methyl sites for hydroxylation is 1. The summed E-state index contributed by atoms with van der Waals surface area (Å²) in [7, 11) is 0. The average Bonchev–Trinajstić information content (AvgIpc) is 3.09. The van der Waals surface area contributed by atoms with Gasteiger partial charge in [-0.2, -0.15) is 4.98 Å². The number of rotatable bonds is 6. The lowest BCUT2D eigenvalue weighted by atomic mass is 10.0. The van der Waals surface area contributed by atoms with Gasteiger partial charge >= 0.3 is 0 Å². The maximum atomic E-state index is 5.54. The van der Waals surface area contributed by atoms with E-state index in [1.807, 2.05) is 25.1 Å². The third-order valence-corrected chi connectivity index (χ3v) is 4.00. The normalized spacial score (nSPS) is 12.6. The second-order valence-corrected chi connectivity index (χ2v) is 6.97. The Morgan fingerprint density at radius 3 is 2.38 bits per heavy atom. The molecule has 26 heavy (non-hydrogen) atoms. The van der Waals surface area contributed by atoms with Gasteiger partial charge in [-0.25, -0.2) is 9.97 Å². The molecular weight excluding hydrogens is 328 g/mol. The Bertz CT molecular complexity index is 859. The number of anilines is 1. The van der Waals surface area contributed by atoms with Crippen LogP contribution < -0.4 is 5.32 Å². The maximum absolute atomic E-state index is 5.54. The summed E-state index contributed by atoms with van der Waals surface area (Å²) in [4.78, 5) is 17.7. The van der Waals surface area contributed by atoms with Gasteiger partial charge in [0.15, 0.2) is 0 Å². The summed E-state index contributed by atoms with van der Waals surface area (Å²) < 4.78 is 5.54. The highest BCUT2D eigenvalue weighted by Gasteiger charge is 2.24. The Morgan fingerprint density at radius 2 is 1.73 bits per heavy atom. The maximum Gasteiger partial charge on any atom is 0.249 e. The molecule has 3 aromatic rings. The number of hydrogen-bond acceptors (Lipinski definition) is 7. The quantitative estimate of drug-likeness (QED) is 0.712. The minimum Gasteiger partial charge on any atom is -0.358 e.